The van der Waals surface area contributed by atoms with Gasteiger partial charge in [0.05, 0.1) is 18.2 Å². The molecule has 1 aromatic rings. The van der Waals surface area contributed by atoms with Gasteiger partial charge >= 0.3 is 0 Å². The van der Waals surface area contributed by atoms with Crippen LogP contribution < -0.4 is 5.32 Å². The van der Waals surface area contributed by atoms with Crippen LogP contribution >= 0.6 is 0 Å². The highest BCUT2D eigenvalue weighted by molar-refractivity contribution is 5.34. The van der Waals surface area contributed by atoms with Crippen molar-refractivity contribution < 1.29 is 9.84 Å². The van der Waals surface area contributed by atoms with Gasteiger partial charge in [-0.1, -0.05) is 12.1 Å². The molecule has 2 atom stereocenters. The summed E-state index contributed by atoms with van der Waals surface area (Å²) in [4.78, 5) is 0. The minimum Gasteiger partial charge on any atom is -0.386 e. The molecule has 1 aliphatic heterocycles. The fourth-order valence-corrected chi connectivity index (χ4v) is 3.28. The molecule has 1 heterocycles. The molecule has 0 aromatic heterocycles. The summed E-state index contributed by atoms with van der Waals surface area (Å²) in [6.07, 6.45) is 2.90. The first-order valence-electron chi connectivity index (χ1n) is 7.67. The van der Waals surface area contributed by atoms with Gasteiger partial charge in [-0.3, -0.25) is 0 Å². The lowest BCUT2D eigenvalue weighted by Gasteiger charge is -2.41. The molecule has 3 rings (SSSR count). The summed E-state index contributed by atoms with van der Waals surface area (Å²) < 4.78 is 5.31. The summed E-state index contributed by atoms with van der Waals surface area (Å²) in [5.74, 6) is 0.567. The summed E-state index contributed by atoms with van der Waals surface area (Å²) in [6, 6.07) is 10.6. The van der Waals surface area contributed by atoms with E-state index < -0.39 is 5.60 Å². The number of aliphatic hydroxyl groups is 1. The molecule has 4 nitrogen and oxygen atoms in total. The zero-order chi connectivity index (χ0) is 14.9. The van der Waals surface area contributed by atoms with E-state index in [0.717, 1.165) is 12.8 Å². The van der Waals surface area contributed by atoms with E-state index in [1.807, 2.05) is 19.1 Å². The number of nitrogens with one attached hydrogen (secondary N) is 1. The second-order valence-electron chi connectivity index (χ2n) is 6.39. The second-order valence-corrected chi connectivity index (χ2v) is 6.39. The zero-order valence-electron chi connectivity index (χ0n) is 12.4. The number of nitrogens with zero attached hydrogens (tertiary/aromatic N) is 1. The minimum atomic E-state index is -0.709. The van der Waals surface area contributed by atoms with Crippen LogP contribution in [0, 0.1) is 11.3 Å². The van der Waals surface area contributed by atoms with Crippen LogP contribution in [-0.2, 0) is 4.74 Å². The van der Waals surface area contributed by atoms with Gasteiger partial charge in [0.2, 0.25) is 0 Å². The molecule has 2 N–H and O–H groups in total. The quantitative estimate of drug-likeness (QED) is 0.887. The molecule has 0 radical (unpaired) electrons. The Balaban J connectivity index is 1.50. The molecule has 2 fully saturated rings. The lowest BCUT2D eigenvalue weighted by Crippen LogP contribution is -2.55. The molecule has 1 saturated carbocycles. The van der Waals surface area contributed by atoms with Crippen LogP contribution in [0.25, 0.3) is 0 Å². The molecule has 2 unspecified atom stereocenters. The van der Waals surface area contributed by atoms with Crippen molar-refractivity contribution in [2.75, 3.05) is 13.2 Å². The van der Waals surface area contributed by atoms with Crippen LogP contribution in [0.3, 0.4) is 0 Å². The topological polar surface area (TPSA) is 65.3 Å². The summed E-state index contributed by atoms with van der Waals surface area (Å²) in [5.41, 5.74) is 1.31. The largest absolute Gasteiger partial charge is 0.386 e. The molecule has 0 bridgehead atoms. The summed E-state index contributed by atoms with van der Waals surface area (Å²) >= 11 is 0. The first-order chi connectivity index (χ1) is 10.1. The van der Waals surface area contributed by atoms with E-state index in [1.54, 1.807) is 0 Å². The van der Waals surface area contributed by atoms with Gasteiger partial charge in [0.25, 0.3) is 0 Å². The maximum atomic E-state index is 10.5. The number of ether oxygens (including phenoxy) is 1. The molecule has 1 aromatic carbocycles. The van der Waals surface area contributed by atoms with Crippen LogP contribution in [0.15, 0.2) is 24.3 Å². The Morgan fingerprint density at radius 1 is 1.38 bits per heavy atom. The fourth-order valence-electron chi connectivity index (χ4n) is 3.28. The van der Waals surface area contributed by atoms with Crippen molar-refractivity contribution in [3.63, 3.8) is 0 Å². The molecule has 4 heteroatoms. The van der Waals surface area contributed by atoms with Gasteiger partial charge in [-0.05, 0) is 43.4 Å². The van der Waals surface area contributed by atoms with Gasteiger partial charge < -0.3 is 15.2 Å². The van der Waals surface area contributed by atoms with Gasteiger partial charge in [0.1, 0.15) is 5.60 Å². The van der Waals surface area contributed by atoms with E-state index in [2.05, 4.69) is 23.5 Å². The van der Waals surface area contributed by atoms with Crippen LogP contribution in [-0.4, -0.2) is 36.0 Å². The number of benzene rings is 1. The lowest BCUT2D eigenvalue weighted by atomic mass is 9.75. The van der Waals surface area contributed by atoms with Crippen LogP contribution in [0.4, 0.5) is 0 Å². The van der Waals surface area contributed by atoms with E-state index in [4.69, 9.17) is 10.00 Å². The monoisotopic (exact) mass is 286 g/mol. The molecule has 2 aliphatic rings. The lowest BCUT2D eigenvalue weighted by molar-refractivity contribution is -0.00878. The Bertz CT molecular complexity index is 523. The normalized spacial score (nSPS) is 33.2. The van der Waals surface area contributed by atoms with E-state index in [0.29, 0.717) is 37.2 Å². The maximum Gasteiger partial charge on any atom is 0.105 e. The molecule has 1 saturated heterocycles. The SMILES string of the molecule is CC(NC1CC(c2ccc(C#N)cc2)C1)C1(O)CCOC1. The predicted molar refractivity (Wildman–Crippen MR) is 79.9 cm³/mol. The molecule has 1 aliphatic carbocycles. The highest BCUT2D eigenvalue weighted by Gasteiger charge is 2.40. The second kappa shape index (κ2) is 5.76. The Morgan fingerprint density at radius 2 is 2.10 bits per heavy atom. The van der Waals surface area contributed by atoms with E-state index in [-0.39, 0.29) is 6.04 Å². The molecular weight excluding hydrogens is 264 g/mol. The number of hydrogen-bond donors (Lipinski definition) is 2. The third-order valence-electron chi connectivity index (χ3n) is 4.97. The molecule has 21 heavy (non-hydrogen) atoms. The first-order valence-corrected chi connectivity index (χ1v) is 7.67. The number of hydrogen-bond acceptors (Lipinski definition) is 4. The standard InChI is InChI=1S/C17H22N2O2/c1-12(17(20)6-7-21-11-17)19-16-8-15(9-16)14-4-2-13(10-18)3-5-14/h2-5,12,15-16,19-20H,6-9,11H2,1H3. The predicted octanol–water partition coefficient (Wildman–Crippen LogP) is 1.93. The minimum absolute atomic E-state index is 0.0620. The van der Waals surface area contributed by atoms with Crippen molar-refractivity contribution in [3.8, 4) is 6.07 Å². The van der Waals surface area contributed by atoms with Crippen LogP contribution in [0.2, 0.25) is 0 Å². The van der Waals surface area contributed by atoms with Gasteiger partial charge in [-0.25, -0.2) is 0 Å². The third kappa shape index (κ3) is 2.96. The Kier molecular flexibility index (Phi) is 3.99. The highest BCUT2D eigenvalue weighted by Crippen LogP contribution is 2.38. The number of nitriles is 1. The van der Waals surface area contributed by atoms with Gasteiger partial charge in [0, 0.05) is 25.1 Å². The fraction of sp³-hybridized carbons (Fsp3) is 0.588. The molecule has 0 spiro atoms. The smallest absolute Gasteiger partial charge is 0.105 e. The third-order valence-corrected chi connectivity index (χ3v) is 4.97. The van der Waals surface area contributed by atoms with Crippen molar-refractivity contribution in [3.05, 3.63) is 35.4 Å². The van der Waals surface area contributed by atoms with Crippen molar-refractivity contribution >= 4 is 0 Å². The van der Waals surface area contributed by atoms with E-state index >= 15 is 0 Å². The first kappa shape index (κ1) is 14.5. The molecule has 0 amide bonds. The summed E-state index contributed by atoms with van der Waals surface area (Å²) in [7, 11) is 0. The zero-order valence-corrected chi connectivity index (χ0v) is 12.4. The Hall–Kier alpha value is -1.41. The van der Waals surface area contributed by atoms with Crippen LogP contribution in [0.5, 0.6) is 0 Å². The van der Waals surface area contributed by atoms with Crippen molar-refractivity contribution in [1.82, 2.24) is 5.32 Å². The number of rotatable bonds is 4. The molecule has 112 valence electrons. The van der Waals surface area contributed by atoms with Crippen molar-refractivity contribution in [1.29, 1.82) is 5.26 Å². The van der Waals surface area contributed by atoms with Gasteiger partial charge in [-0.15, -0.1) is 0 Å². The highest BCUT2D eigenvalue weighted by atomic mass is 16.5. The average Bonchev–Trinajstić information content (AvgIpc) is 2.90. The van der Waals surface area contributed by atoms with Gasteiger partial charge in [0.15, 0.2) is 0 Å². The van der Waals surface area contributed by atoms with Gasteiger partial charge in [-0.2, -0.15) is 5.26 Å². The van der Waals surface area contributed by atoms with E-state index in [9.17, 15) is 5.11 Å². The molecular formula is C17H22N2O2. The Labute approximate surface area is 125 Å². The van der Waals surface area contributed by atoms with Crippen molar-refractivity contribution in [2.45, 2.75) is 49.8 Å². The maximum absolute atomic E-state index is 10.5. The van der Waals surface area contributed by atoms with Crippen molar-refractivity contribution in [2.24, 2.45) is 0 Å². The summed E-state index contributed by atoms with van der Waals surface area (Å²) in [6.45, 7) is 3.14. The van der Waals surface area contributed by atoms with Crippen LogP contribution in [0.1, 0.15) is 43.2 Å². The Morgan fingerprint density at radius 3 is 2.67 bits per heavy atom. The summed E-state index contributed by atoms with van der Waals surface area (Å²) in [5, 5.41) is 22.8. The average molecular weight is 286 g/mol. The van der Waals surface area contributed by atoms with E-state index in [1.165, 1.54) is 5.56 Å².